The molecule has 0 amide bonds. The van der Waals surface area contributed by atoms with Crippen molar-refractivity contribution in [1.82, 2.24) is 19.9 Å². The molecule has 0 unspecified atom stereocenters. The highest BCUT2D eigenvalue weighted by Crippen LogP contribution is 2.24. The number of pyridine rings is 1. The fraction of sp³-hybridized carbons (Fsp3) is 0.400. The molecule has 0 aromatic carbocycles. The Hall–Kier alpha value is -2.45. The van der Waals surface area contributed by atoms with Crippen LogP contribution < -0.4 is 16.4 Å². The maximum atomic E-state index is 6.14. The van der Waals surface area contributed by atoms with E-state index in [1.165, 1.54) is 6.33 Å². The second-order valence-corrected chi connectivity index (χ2v) is 5.21. The first-order chi connectivity index (χ1) is 11.3. The summed E-state index contributed by atoms with van der Waals surface area (Å²) in [5, 5.41) is 6.37. The van der Waals surface area contributed by atoms with Crippen molar-refractivity contribution >= 4 is 23.1 Å². The number of hydrogen-bond acceptors (Lipinski definition) is 8. The number of ether oxygens (including phenoxy) is 1. The van der Waals surface area contributed by atoms with Crippen LogP contribution in [0.2, 0.25) is 0 Å². The minimum Gasteiger partial charge on any atom is -0.393 e. The zero-order chi connectivity index (χ0) is 15.9. The number of nitrogen functional groups attached to an aromatic ring is 1. The average molecular weight is 315 g/mol. The Morgan fingerprint density at radius 1 is 1.13 bits per heavy atom. The minimum atomic E-state index is 0.486. The first kappa shape index (κ1) is 15.4. The van der Waals surface area contributed by atoms with Crippen LogP contribution in [-0.4, -0.2) is 59.2 Å². The van der Waals surface area contributed by atoms with Crippen molar-refractivity contribution in [3.05, 3.63) is 30.7 Å². The van der Waals surface area contributed by atoms with E-state index in [1.54, 1.807) is 6.20 Å². The van der Waals surface area contributed by atoms with Crippen LogP contribution in [0.1, 0.15) is 0 Å². The molecular formula is C15H21N7O. The molecule has 1 aliphatic heterocycles. The third kappa shape index (κ3) is 4.27. The van der Waals surface area contributed by atoms with E-state index in [1.807, 2.05) is 18.2 Å². The van der Waals surface area contributed by atoms with E-state index in [0.717, 1.165) is 39.4 Å². The van der Waals surface area contributed by atoms with E-state index in [-0.39, 0.29) is 0 Å². The van der Waals surface area contributed by atoms with Crippen molar-refractivity contribution < 1.29 is 4.74 Å². The lowest BCUT2D eigenvalue weighted by molar-refractivity contribution is 0.0398. The van der Waals surface area contributed by atoms with Gasteiger partial charge in [-0.2, -0.15) is 0 Å². The molecule has 1 aliphatic rings. The fourth-order valence-electron chi connectivity index (χ4n) is 2.35. The van der Waals surface area contributed by atoms with Crippen LogP contribution in [0.15, 0.2) is 30.7 Å². The summed E-state index contributed by atoms with van der Waals surface area (Å²) < 4.78 is 5.34. The third-order valence-corrected chi connectivity index (χ3v) is 3.62. The van der Waals surface area contributed by atoms with Crippen molar-refractivity contribution in [3.8, 4) is 0 Å². The van der Waals surface area contributed by atoms with Gasteiger partial charge in [0.05, 0.1) is 13.2 Å². The highest BCUT2D eigenvalue weighted by atomic mass is 16.5. The Bertz CT molecular complexity index is 616. The SMILES string of the molecule is Nc1c(NCCN2CCOCC2)ncnc1Nc1ccccn1. The molecule has 2 aromatic heterocycles. The van der Waals surface area contributed by atoms with Crippen LogP contribution in [-0.2, 0) is 4.74 Å². The van der Waals surface area contributed by atoms with Gasteiger partial charge >= 0.3 is 0 Å². The van der Waals surface area contributed by atoms with Crippen LogP contribution in [0.25, 0.3) is 0 Å². The zero-order valence-electron chi connectivity index (χ0n) is 12.9. The fourth-order valence-corrected chi connectivity index (χ4v) is 2.35. The minimum absolute atomic E-state index is 0.486. The van der Waals surface area contributed by atoms with Crippen LogP contribution in [0.4, 0.5) is 23.1 Å². The Kier molecular flexibility index (Phi) is 5.17. The van der Waals surface area contributed by atoms with Gasteiger partial charge in [0.15, 0.2) is 11.6 Å². The van der Waals surface area contributed by atoms with Gasteiger partial charge in [0.25, 0.3) is 0 Å². The quantitative estimate of drug-likeness (QED) is 0.724. The summed E-state index contributed by atoms with van der Waals surface area (Å²) >= 11 is 0. The number of morpholine rings is 1. The molecule has 0 spiro atoms. The third-order valence-electron chi connectivity index (χ3n) is 3.62. The number of hydrogen-bond donors (Lipinski definition) is 3. The molecule has 3 heterocycles. The first-order valence-corrected chi connectivity index (χ1v) is 7.65. The monoisotopic (exact) mass is 315 g/mol. The van der Waals surface area contributed by atoms with Crippen molar-refractivity contribution in [1.29, 1.82) is 0 Å². The highest BCUT2D eigenvalue weighted by molar-refractivity contribution is 5.76. The number of nitrogens with zero attached hydrogens (tertiary/aromatic N) is 4. The molecule has 23 heavy (non-hydrogen) atoms. The van der Waals surface area contributed by atoms with Gasteiger partial charge in [-0.1, -0.05) is 6.07 Å². The number of nitrogens with one attached hydrogen (secondary N) is 2. The Morgan fingerprint density at radius 3 is 2.74 bits per heavy atom. The van der Waals surface area contributed by atoms with Gasteiger partial charge in [0.2, 0.25) is 0 Å². The molecule has 0 bridgehead atoms. The molecule has 0 saturated carbocycles. The van der Waals surface area contributed by atoms with Gasteiger partial charge in [0, 0.05) is 32.4 Å². The second kappa shape index (κ2) is 7.70. The van der Waals surface area contributed by atoms with Crippen LogP contribution in [0.5, 0.6) is 0 Å². The predicted octanol–water partition coefficient (Wildman–Crippen LogP) is 0.941. The lowest BCUT2D eigenvalue weighted by Crippen LogP contribution is -2.39. The molecule has 8 nitrogen and oxygen atoms in total. The molecule has 2 aromatic rings. The second-order valence-electron chi connectivity index (χ2n) is 5.21. The lowest BCUT2D eigenvalue weighted by atomic mass is 10.4. The number of rotatable bonds is 6. The van der Waals surface area contributed by atoms with E-state index in [4.69, 9.17) is 10.5 Å². The maximum absolute atomic E-state index is 6.14. The highest BCUT2D eigenvalue weighted by Gasteiger charge is 2.11. The molecule has 3 rings (SSSR count). The summed E-state index contributed by atoms with van der Waals surface area (Å²) in [6.45, 7) is 5.22. The standard InChI is InChI=1S/C15H21N7O/c16-13-14(18-5-6-22-7-9-23-10-8-22)19-11-20-15(13)21-12-3-1-2-4-17-12/h1-4,11H,5-10,16H2,(H2,17,18,19,20,21). The van der Waals surface area contributed by atoms with Gasteiger partial charge in [-0.05, 0) is 12.1 Å². The average Bonchev–Trinajstić information content (AvgIpc) is 2.60. The molecule has 1 fully saturated rings. The molecule has 1 saturated heterocycles. The smallest absolute Gasteiger partial charge is 0.160 e. The summed E-state index contributed by atoms with van der Waals surface area (Å²) in [6.07, 6.45) is 3.19. The van der Waals surface area contributed by atoms with Crippen molar-refractivity contribution in [2.45, 2.75) is 0 Å². The van der Waals surface area contributed by atoms with E-state index in [2.05, 4.69) is 30.5 Å². The molecule has 0 radical (unpaired) electrons. The number of anilines is 4. The normalized spacial score (nSPS) is 15.3. The molecule has 122 valence electrons. The van der Waals surface area contributed by atoms with Crippen LogP contribution in [0.3, 0.4) is 0 Å². The van der Waals surface area contributed by atoms with Gasteiger partial charge in [-0.3, -0.25) is 4.90 Å². The summed E-state index contributed by atoms with van der Waals surface area (Å²) in [7, 11) is 0. The molecule has 0 aliphatic carbocycles. The molecule has 8 heteroatoms. The van der Waals surface area contributed by atoms with Crippen molar-refractivity contribution in [3.63, 3.8) is 0 Å². The molecule has 0 atom stereocenters. The van der Waals surface area contributed by atoms with Gasteiger partial charge in [-0.25, -0.2) is 15.0 Å². The molecule has 4 N–H and O–H groups in total. The van der Waals surface area contributed by atoms with Crippen molar-refractivity contribution in [2.75, 3.05) is 55.8 Å². The Labute approximate surface area is 135 Å². The van der Waals surface area contributed by atoms with Crippen LogP contribution >= 0.6 is 0 Å². The van der Waals surface area contributed by atoms with E-state index in [0.29, 0.717) is 23.1 Å². The van der Waals surface area contributed by atoms with Gasteiger partial charge in [0.1, 0.15) is 17.8 Å². The van der Waals surface area contributed by atoms with Gasteiger partial charge < -0.3 is 21.1 Å². The Morgan fingerprint density at radius 2 is 1.96 bits per heavy atom. The van der Waals surface area contributed by atoms with E-state index >= 15 is 0 Å². The largest absolute Gasteiger partial charge is 0.393 e. The molecular weight excluding hydrogens is 294 g/mol. The topological polar surface area (TPSA) is 101 Å². The van der Waals surface area contributed by atoms with Crippen LogP contribution in [0, 0.1) is 0 Å². The summed E-state index contributed by atoms with van der Waals surface area (Å²) in [6, 6.07) is 5.61. The first-order valence-electron chi connectivity index (χ1n) is 7.65. The van der Waals surface area contributed by atoms with Gasteiger partial charge in [-0.15, -0.1) is 0 Å². The number of nitrogens with two attached hydrogens (primary N) is 1. The summed E-state index contributed by atoms with van der Waals surface area (Å²) in [4.78, 5) is 14.9. The lowest BCUT2D eigenvalue weighted by Gasteiger charge is -2.26. The summed E-state index contributed by atoms with van der Waals surface area (Å²) in [5.74, 6) is 1.87. The Balaban J connectivity index is 1.58. The summed E-state index contributed by atoms with van der Waals surface area (Å²) in [5.41, 5.74) is 6.63. The number of aromatic nitrogens is 3. The van der Waals surface area contributed by atoms with E-state index in [9.17, 15) is 0 Å². The zero-order valence-corrected chi connectivity index (χ0v) is 12.9. The van der Waals surface area contributed by atoms with Crippen molar-refractivity contribution in [2.24, 2.45) is 0 Å². The predicted molar refractivity (Wildman–Crippen MR) is 89.7 cm³/mol. The maximum Gasteiger partial charge on any atom is 0.160 e. The van der Waals surface area contributed by atoms with E-state index < -0.39 is 0 Å².